The number of hydrogen-bond donors (Lipinski definition) is 4. The molecular weight excluding hydrogens is 399 g/mol. The summed E-state index contributed by atoms with van der Waals surface area (Å²) in [5.74, 6) is -0.501. The fourth-order valence-corrected chi connectivity index (χ4v) is 3.11. The van der Waals surface area contributed by atoms with E-state index in [0.29, 0.717) is 23.0 Å². The van der Waals surface area contributed by atoms with Crippen LogP contribution in [0, 0.1) is 5.82 Å². The van der Waals surface area contributed by atoms with Crippen LogP contribution in [0.4, 0.5) is 10.1 Å². The van der Waals surface area contributed by atoms with Gasteiger partial charge in [-0.2, -0.15) is 0 Å². The van der Waals surface area contributed by atoms with Crippen LogP contribution in [0.3, 0.4) is 0 Å². The van der Waals surface area contributed by atoms with Crippen LogP contribution < -0.4 is 16.4 Å². The molecule has 27 heavy (non-hydrogen) atoms. The quantitative estimate of drug-likeness (QED) is 0.221. The van der Waals surface area contributed by atoms with E-state index in [1.165, 1.54) is 30.0 Å². The van der Waals surface area contributed by atoms with Crippen molar-refractivity contribution in [3.8, 4) is 0 Å². The Labute approximate surface area is 162 Å². The minimum atomic E-state index is -1.33. The molecule has 5 N–H and O–H groups in total. The zero-order chi connectivity index (χ0) is 19.4. The van der Waals surface area contributed by atoms with Crippen LogP contribution in [0.2, 0.25) is 5.02 Å². The molecule has 0 unspecified atom stereocenters. The van der Waals surface area contributed by atoms with Gasteiger partial charge in [-0.25, -0.2) is 14.0 Å². The lowest BCUT2D eigenvalue weighted by Gasteiger charge is -2.35. The Kier molecular flexibility index (Phi) is 5.95. The van der Waals surface area contributed by atoms with Gasteiger partial charge >= 0.3 is 0 Å². The number of nitrogens with one attached hydrogen (secondary N) is 2. The second-order valence-corrected chi connectivity index (χ2v) is 7.24. The summed E-state index contributed by atoms with van der Waals surface area (Å²) in [7, 11) is 0. The van der Waals surface area contributed by atoms with Crippen molar-refractivity contribution < 1.29 is 18.9 Å². The number of hydrogen-bond acceptors (Lipinski definition) is 8. The maximum absolute atomic E-state index is 13.2. The molecule has 0 spiro atoms. The molecule has 9 nitrogen and oxygen atoms in total. The number of carbonyl (C=O) groups is 1. The zero-order valence-corrected chi connectivity index (χ0v) is 15.5. The van der Waals surface area contributed by atoms with Crippen molar-refractivity contribution in [3.63, 3.8) is 0 Å². The van der Waals surface area contributed by atoms with Gasteiger partial charge in [-0.15, -0.1) is 0 Å². The van der Waals surface area contributed by atoms with Crippen LogP contribution in [0.1, 0.15) is 5.69 Å². The van der Waals surface area contributed by atoms with Gasteiger partial charge in [0, 0.05) is 25.4 Å². The lowest BCUT2D eigenvalue weighted by Crippen LogP contribution is -2.67. The number of aliphatic imine (C=N–C) groups is 1. The molecule has 0 radical (unpaired) electrons. The Morgan fingerprint density at radius 1 is 1.52 bits per heavy atom. The summed E-state index contributed by atoms with van der Waals surface area (Å²) in [5, 5.41) is 23.2. The van der Waals surface area contributed by atoms with Gasteiger partial charge < -0.3 is 21.5 Å². The monoisotopic (exact) mass is 414 g/mol. The maximum Gasteiger partial charge on any atom is 0.254 e. The molecule has 2 heterocycles. The third kappa shape index (κ3) is 4.56. The van der Waals surface area contributed by atoms with Gasteiger partial charge in [-0.1, -0.05) is 23.4 Å². The second kappa shape index (κ2) is 8.21. The summed E-state index contributed by atoms with van der Waals surface area (Å²) < 4.78 is 17.9. The number of carbonyl (C=O) groups excluding carboxylic acids is 1. The average Bonchev–Trinajstić information content (AvgIpc) is 3.08. The molecule has 1 amide bonds. The molecule has 0 aliphatic carbocycles. The first-order chi connectivity index (χ1) is 12.9. The summed E-state index contributed by atoms with van der Waals surface area (Å²) in [6.45, 7) is 0.788. The first-order valence-electron chi connectivity index (χ1n) is 7.85. The van der Waals surface area contributed by atoms with Gasteiger partial charge in [0.1, 0.15) is 5.82 Å². The number of aromatic nitrogens is 2. The highest BCUT2D eigenvalue weighted by atomic mass is 35.5. The molecule has 1 aliphatic rings. The molecular formula is C15H16ClFN6O3S. The van der Waals surface area contributed by atoms with Gasteiger partial charge in [0.05, 0.1) is 10.7 Å². The molecule has 144 valence electrons. The Morgan fingerprint density at radius 3 is 2.96 bits per heavy atom. The van der Waals surface area contributed by atoms with Gasteiger partial charge in [-0.05, 0) is 28.5 Å². The van der Waals surface area contributed by atoms with Crippen molar-refractivity contribution in [2.24, 2.45) is 10.7 Å². The molecule has 1 saturated heterocycles. The van der Waals surface area contributed by atoms with E-state index in [2.05, 4.69) is 25.9 Å². The highest BCUT2D eigenvalue weighted by Gasteiger charge is 2.41. The molecule has 3 rings (SSSR count). The van der Waals surface area contributed by atoms with Crippen LogP contribution in [0.15, 0.2) is 32.8 Å². The summed E-state index contributed by atoms with van der Waals surface area (Å²) >= 11 is 6.97. The standard InChI is InChI=1S/C15H16ClFN6O3S/c16-9-5-8(1-2-10(9)17)21-12(18)11-13(23-26-22-11)27-4-3-20-14(24)15(25)6-19-7-15/h1-2,5,19,25H,3-4,6-7H2,(H2,18,21)(H,20,24). The zero-order valence-electron chi connectivity index (χ0n) is 13.9. The minimum Gasteiger partial charge on any atom is -0.382 e. The maximum atomic E-state index is 13.2. The summed E-state index contributed by atoms with van der Waals surface area (Å²) in [6, 6.07) is 3.93. The molecule has 1 aromatic heterocycles. The molecule has 2 aromatic rings. The number of nitrogens with zero attached hydrogens (tertiary/aromatic N) is 3. The number of amidine groups is 1. The van der Waals surface area contributed by atoms with E-state index in [0.717, 1.165) is 0 Å². The van der Waals surface area contributed by atoms with E-state index >= 15 is 0 Å². The molecule has 1 fully saturated rings. The molecule has 0 bridgehead atoms. The summed E-state index contributed by atoms with van der Waals surface area (Å²) in [4.78, 5) is 15.9. The van der Waals surface area contributed by atoms with Gasteiger partial charge in [0.15, 0.2) is 22.2 Å². The van der Waals surface area contributed by atoms with Crippen LogP contribution in [0.5, 0.6) is 0 Å². The highest BCUT2D eigenvalue weighted by Crippen LogP contribution is 2.23. The Morgan fingerprint density at radius 2 is 2.30 bits per heavy atom. The normalized spacial score (nSPS) is 16.0. The second-order valence-electron chi connectivity index (χ2n) is 5.75. The molecule has 1 aliphatic heterocycles. The van der Waals surface area contributed by atoms with Crippen LogP contribution in [-0.2, 0) is 4.79 Å². The van der Waals surface area contributed by atoms with E-state index in [9.17, 15) is 14.3 Å². The number of halogens is 2. The number of rotatable bonds is 7. The fraction of sp³-hybridized carbons (Fsp3) is 0.333. The van der Waals surface area contributed by atoms with E-state index in [1.807, 2.05) is 0 Å². The van der Waals surface area contributed by atoms with Crippen molar-refractivity contribution in [1.82, 2.24) is 20.9 Å². The molecule has 12 heteroatoms. The van der Waals surface area contributed by atoms with Crippen molar-refractivity contribution in [2.45, 2.75) is 10.6 Å². The number of nitrogens with two attached hydrogens (primary N) is 1. The van der Waals surface area contributed by atoms with E-state index < -0.39 is 17.3 Å². The van der Waals surface area contributed by atoms with Crippen LogP contribution in [0.25, 0.3) is 0 Å². The van der Waals surface area contributed by atoms with Gasteiger partial charge in [-0.3, -0.25) is 4.79 Å². The molecule has 0 atom stereocenters. The third-order valence-corrected chi connectivity index (χ3v) is 4.98. The third-order valence-electron chi connectivity index (χ3n) is 3.74. The largest absolute Gasteiger partial charge is 0.382 e. The number of β-amino-alcohol motifs (C(OH)–C–C–N with tert-alkyl or cyclic N) is 1. The van der Waals surface area contributed by atoms with Crippen LogP contribution in [-0.4, -0.2) is 58.2 Å². The topological polar surface area (TPSA) is 139 Å². The number of benzene rings is 1. The van der Waals surface area contributed by atoms with E-state index in [4.69, 9.17) is 22.0 Å². The Bertz CT molecular complexity index is 873. The SMILES string of the molecule is NC(=Nc1ccc(F)c(Cl)c1)c1nonc1SCCNC(=O)C1(O)CNC1. The van der Waals surface area contributed by atoms with E-state index in [-0.39, 0.29) is 29.6 Å². The smallest absolute Gasteiger partial charge is 0.254 e. The van der Waals surface area contributed by atoms with Crippen LogP contribution >= 0.6 is 23.4 Å². The average molecular weight is 415 g/mol. The van der Waals surface area contributed by atoms with Crippen molar-refractivity contribution in [1.29, 1.82) is 0 Å². The lowest BCUT2D eigenvalue weighted by atomic mass is 9.96. The van der Waals surface area contributed by atoms with Gasteiger partial charge in [0.2, 0.25) is 0 Å². The van der Waals surface area contributed by atoms with E-state index in [1.54, 1.807) is 0 Å². The summed E-state index contributed by atoms with van der Waals surface area (Å²) in [5.41, 5.74) is 5.17. The van der Waals surface area contributed by atoms with Gasteiger partial charge in [0.25, 0.3) is 5.91 Å². The highest BCUT2D eigenvalue weighted by molar-refractivity contribution is 7.99. The lowest BCUT2D eigenvalue weighted by molar-refractivity contribution is -0.144. The fourth-order valence-electron chi connectivity index (χ4n) is 2.18. The Hall–Kier alpha value is -2.21. The number of amides is 1. The number of aliphatic hydroxyl groups is 1. The first kappa shape index (κ1) is 19.5. The predicted octanol–water partition coefficient (Wildman–Crippen LogP) is 0.442. The molecule has 0 saturated carbocycles. The minimum absolute atomic E-state index is 0.0281. The molecule has 1 aromatic carbocycles. The predicted molar refractivity (Wildman–Crippen MR) is 97.6 cm³/mol. The van der Waals surface area contributed by atoms with Crippen molar-refractivity contribution >= 4 is 40.8 Å². The first-order valence-corrected chi connectivity index (χ1v) is 9.22. The van der Waals surface area contributed by atoms with Crippen molar-refractivity contribution in [2.75, 3.05) is 25.4 Å². The Balaban J connectivity index is 1.57. The summed E-state index contributed by atoms with van der Waals surface area (Å²) in [6.07, 6.45) is 0. The number of thioether (sulfide) groups is 1. The van der Waals surface area contributed by atoms with Crippen molar-refractivity contribution in [3.05, 3.63) is 34.7 Å².